The van der Waals surface area contributed by atoms with Gasteiger partial charge < -0.3 is 14.2 Å². The first kappa shape index (κ1) is 23.8. The van der Waals surface area contributed by atoms with Crippen LogP contribution in [0.15, 0.2) is 54.7 Å². The Kier molecular flexibility index (Phi) is 7.94. The van der Waals surface area contributed by atoms with E-state index < -0.39 is 5.41 Å². The summed E-state index contributed by atoms with van der Waals surface area (Å²) in [6.07, 6.45) is 2.26. The van der Waals surface area contributed by atoms with Crippen LogP contribution in [0, 0.1) is 0 Å². The number of hydrogen-bond acceptors (Lipinski definition) is 5. The first-order chi connectivity index (χ1) is 15.4. The van der Waals surface area contributed by atoms with Crippen LogP contribution in [0.1, 0.15) is 48.8 Å². The number of hydrogen-bond donors (Lipinski definition) is 0. The molecule has 0 radical (unpaired) electrons. The third kappa shape index (κ3) is 5.69. The molecule has 1 aromatic heterocycles. The molecule has 0 aliphatic heterocycles. The van der Waals surface area contributed by atoms with Crippen molar-refractivity contribution in [2.45, 2.75) is 39.2 Å². The van der Waals surface area contributed by atoms with Gasteiger partial charge in [0.2, 0.25) is 0 Å². The number of carbonyl (C=O) groups excluding carboxylic acids is 1. The molecule has 0 N–H and O–H groups in total. The summed E-state index contributed by atoms with van der Waals surface area (Å²) in [6.45, 7) is 7.27. The van der Waals surface area contributed by atoms with Crippen LogP contribution in [-0.4, -0.2) is 36.1 Å². The largest absolute Gasteiger partial charge is 0.497 e. The number of aromatic nitrogens is 2. The van der Waals surface area contributed by atoms with E-state index in [-0.39, 0.29) is 5.97 Å². The zero-order valence-electron chi connectivity index (χ0n) is 18.9. The Morgan fingerprint density at radius 3 is 2.41 bits per heavy atom. The third-order valence-electron chi connectivity index (χ3n) is 5.28. The third-order valence-corrected chi connectivity index (χ3v) is 5.53. The summed E-state index contributed by atoms with van der Waals surface area (Å²) in [5, 5.41) is 5.14. The Morgan fingerprint density at radius 1 is 1.09 bits per heavy atom. The van der Waals surface area contributed by atoms with Crippen LogP contribution in [0.5, 0.6) is 5.75 Å². The Morgan fingerprint density at radius 2 is 1.78 bits per heavy atom. The van der Waals surface area contributed by atoms with Gasteiger partial charge >= 0.3 is 5.97 Å². The predicted molar refractivity (Wildman–Crippen MR) is 125 cm³/mol. The van der Waals surface area contributed by atoms with Gasteiger partial charge in [-0.3, -0.25) is 0 Å². The maximum absolute atomic E-state index is 12.6. The molecular formula is C25H29ClN2O4. The second kappa shape index (κ2) is 10.7. The molecule has 3 rings (SSSR count). The van der Waals surface area contributed by atoms with Gasteiger partial charge in [0.15, 0.2) is 0 Å². The quantitative estimate of drug-likeness (QED) is 0.293. The molecule has 0 amide bonds. The zero-order valence-corrected chi connectivity index (χ0v) is 19.7. The average molecular weight is 457 g/mol. The Bertz CT molecular complexity index is 1030. The number of benzene rings is 2. The maximum atomic E-state index is 12.6. The summed E-state index contributed by atoms with van der Waals surface area (Å²) in [5.41, 5.74) is 2.74. The standard InChI is InChI=1S/C25H29ClN2O4/c1-5-32-24(29)22-16-27-28(20-10-8-19(26)9-11-20)23(22)25(2,3)14-15-31-17-18-6-12-21(30-4)13-7-18/h6-13,16H,5,14-15,17H2,1-4H3. The number of rotatable bonds is 10. The summed E-state index contributed by atoms with van der Waals surface area (Å²) in [6, 6.07) is 15.2. The lowest BCUT2D eigenvalue weighted by Gasteiger charge is -2.27. The molecule has 170 valence electrons. The van der Waals surface area contributed by atoms with Gasteiger partial charge in [-0.05, 0) is 55.3 Å². The number of carbonyl (C=O) groups is 1. The number of methoxy groups -OCH3 is 1. The molecule has 0 aliphatic rings. The van der Waals surface area contributed by atoms with Crippen LogP contribution < -0.4 is 4.74 Å². The molecule has 1 heterocycles. The Labute approximate surface area is 194 Å². The van der Waals surface area contributed by atoms with Crippen LogP contribution in [0.4, 0.5) is 0 Å². The average Bonchev–Trinajstić information content (AvgIpc) is 3.24. The van der Waals surface area contributed by atoms with Crippen molar-refractivity contribution in [3.63, 3.8) is 0 Å². The second-order valence-electron chi connectivity index (χ2n) is 8.05. The van der Waals surface area contributed by atoms with Gasteiger partial charge in [-0.15, -0.1) is 0 Å². The van der Waals surface area contributed by atoms with Gasteiger partial charge in [0.05, 0.1) is 37.9 Å². The molecule has 0 saturated heterocycles. The molecule has 3 aromatic rings. The minimum atomic E-state index is -0.405. The molecule has 0 saturated carbocycles. The molecule has 2 aromatic carbocycles. The van der Waals surface area contributed by atoms with E-state index in [1.54, 1.807) is 37.0 Å². The number of halogens is 1. The summed E-state index contributed by atoms with van der Waals surface area (Å²) < 4.78 is 18.2. The van der Waals surface area contributed by atoms with Crippen molar-refractivity contribution < 1.29 is 19.0 Å². The van der Waals surface area contributed by atoms with E-state index in [2.05, 4.69) is 18.9 Å². The van der Waals surface area contributed by atoms with E-state index in [9.17, 15) is 4.79 Å². The normalized spacial score (nSPS) is 11.4. The first-order valence-electron chi connectivity index (χ1n) is 10.6. The molecule has 32 heavy (non-hydrogen) atoms. The van der Waals surface area contributed by atoms with E-state index in [1.807, 2.05) is 36.4 Å². The van der Waals surface area contributed by atoms with Gasteiger partial charge in [-0.25, -0.2) is 9.48 Å². The minimum Gasteiger partial charge on any atom is -0.497 e. The van der Waals surface area contributed by atoms with Crippen LogP contribution in [0.2, 0.25) is 5.02 Å². The fraction of sp³-hybridized carbons (Fsp3) is 0.360. The van der Waals surface area contributed by atoms with Crippen molar-refractivity contribution in [1.82, 2.24) is 9.78 Å². The van der Waals surface area contributed by atoms with Crippen LogP contribution in [0.25, 0.3) is 5.69 Å². The lowest BCUT2D eigenvalue weighted by Crippen LogP contribution is -2.26. The van der Waals surface area contributed by atoms with Gasteiger partial charge in [0.25, 0.3) is 0 Å². The number of nitrogens with zero attached hydrogens (tertiary/aromatic N) is 2. The van der Waals surface area contributed by atoms with Crippen LogP contribution >= 0.6 is 11.6 Å². The molecule has 0 unspecified atom stereocenters. The molecule has 6 nitrogen and oxygen atoms in total. The topological polar surface area (TPSA) is 62.6 Å². The van der Waals surface area contributed by atoms with Crippen molar-refractivity contribution in [3.05, 3.63) is 76.6 Å². The highest BCUT2D eigenvalue weighted by molar-refractivity contribution is 6.30. The summed E-state index contributed by atoms with van der Waals surface area (Å²) >= 11 is 6.05. The van der Waals surface area contributed by atoms with Crippen molar-refractivity contribution in [1.29, 1.82) is 0 Å². The van der Waals surface area contributed by atoms with Gasteiger partial charge in [-0.2, -0.15) is 5.10 Å². The molecular weight excluding hydrogens is 428 g/mol. The highest BCUT2D eigenvalue weighted by Crippen LogP contribution is 2.33. The van der Waals surface area contributed by atoms with E-state index in [1.165, 1.54) is 0 Å². The summed E-state index contributed by atoms with van der Waals surface area (Å²) in [5.74, 6) is 0.437. The van der Waals surface area contributed by atoms with Gasteiger partial charge in [0.1, 0.15) is 11.3 Å². The molecule has 7 heteroatoms. The predicted octanol–water partition coefficient (Wildman–Crippen LogP) is 5.60. The van der Waals surface area contributed by atoms with E-state index in [0.717, 1.165) is 22.7 Å². The Balaban J connectivity index is 1.78. The van der Waals surface area contributed by atoms with E-state index >= 15 is 0 Å². The van der Waals surface area contributed by atoms with Crippen LogP contribution in [-0.2, 0) is 21.5 Å². The SMILES string of the molecule is CCOC(=O)c1cnn(-c2ccc(Cl)cc2)c1C(C)(C)CCOCc1ccc(OC)cc1. The van der Waals surface area contributed by atoms with Crippen molar-refractivity contribution in [2.75, 3.05) is 20.3 Å². The molecule has 0 aliphatic carbocycles. The van der Waals surface area contributed by atoms with E-state index in [0.29, 0.717) is 36.8 Å². The fourth-order valence-electron chi connectivity index (χ4n) is 3.49. The number of ether oxygens (including phenoxy) is 3. The lowest BCUT2D eigenvalue weighted by atomic mass is 9.83. The monoisotopic (exact) mass is 456 g/mol. The molecule has 0 spiro atoms. The second-order valence-corrected chi connectivity index (χ2v) is 8.49. The first-order valence-corrected chi connectivity index (χ1v) is 11.0. The van der Waals surface area contributed by atoms with Crippen molar-refractivity contribution in [3.8, 4) is 11.4 Å². The maximum Gasteiger partial charge on any atom is 0.341 e. The van der Waals surface area contributed by atoms with Gasteiger partial charge in [0, 0.05) is 17.0 Å². The fourth-order valence-corrected chi connectivity index (χ4v) is 3.62. The molecule has 0 atom stereocenters. The molecule has 0 fully saturated rings. The van der Waals surface area contributed by atoms with Gasteiger partial charge in [-0.1, -0.05) is 37.6 Å². The van der Waals surface area contributed by atoms with Crippen molar-refractivity contribution >= 4 is 17.6 Å². The minimum absolute atomic E-state index is 0.301. The molecule has 0 bridgehead atoms. The zero-order chi connectivity index (χ0) is 23.1. The smallest absolute Gasteiger partial charge is 0.341 e. The Hall–Kier alpha value is -2.83. The van der Waals surface area contributed by atoms with E-state index in [4.69, 9.17) is 25.8 Å². The highest BCUT2D eigenvalue weighted by atomic mass is 35.5. The summed E-state index contributed by atoms with van der Waals surface area (Å²) in [4.78, 5) is 12.6. The van der Waals surface area contributed by atoms with Crippen LogP contribution in [0.3, 0.4) is 0 Å². The lowest BCUT2D eigenvalue weighted by molar-refractivity contribution is 0.0521. The van der Waals surface area contributed by atoms with Crippen molar-refractivity contribution in [2.24, 2.45) is 0 Å². The highest BCUT2D eigenvalue weighted by Gasteiger charge is 2.32. The summed E-state index contributed by atoms with van der Waals surface area (Å²) in [7, 11) is 1.65. The number of esters is 1.